The van der Waals surface area contributed by atoms with Gasteiger partial charge in [0, 0.05) is 11.4 Å². The van der Waals surface area contributed by atoms with Gasteiger partial charge in [-0.05, 0) is 35.9 Å². The SMILES string of the molecule is CCCn1c(Sc2ccc(CO)cc2)n[nH]c1=O. The number of aromatic amines is 1. The van der Waals surface area contributed by atoms with Crippen molar-refractivity contribution < 1.29 is 5.11 Å². The predicted octanol–water partition coefficient (Wildman–Crippen LogP) is 1.62. The van der Waals surface area contributed by atoms with E-state index in [0.717, 1.165) is 16.9 Å². The van der Waals surface area contributed by atoms with Gasteiger partial charge in [-0.25, -0.2) is 9.89 Å². The summed E-state index contributed by atoms with van der Waals surface area (Å²) in [4.78, 5) is 12.5. The first-order valence-electron chi connectivity index (χ1n) is 5.77. The van der Waals surface area contributed by atoms with Crippen molar-refractivity contribution in [3.63, 3.8) is 0 Å². The van der Waals surface area contributed by atoms with Crippen molar-refractivity contribution in [1.82, 2.24) is 14.8 Å². The number of aliphatic hydroxyl groups is 1. The maximum absolute atomic E-state index is 11.5. The Morgan fingerprint density at radius 1 is 1.39 bits per heavy atom. The van der Waals surface area contributed by atoms with Crippen LogP contribution in [-0.2, 0) is 13.2 Å². The minimum atomic E-state index is -0.175. The molecule has 5 nitrogen and oxygen atoms in total. The van der Waals surface area contributed by atoms with E-state index in [4.69, 9.17) is 5.11 Å². The summed E-state index contributed by atoms with van der Waals surface area (Å²) >= 11 is 1.43. The maximum atomic E-state index is 11.5. The fourth-order valence-corrected chi connectivity index (χ4v) is 2.43. The van der Waals surface area contributed by atoms with Gasteiger partial charge in [-0.3, -0.25) is 4.57 Å². The Kier molecular flexibility index (Phi) is 4.22. The van der Waals surface area contributed by atoms with Crippen LogP contribution in [0.5, 0.6) is 0 Å². The number of aliphatic hydroxyl groups excluding tert-OH is 1. The molecule has 0 fully saturated rings. The topological polar surface area (TPSA) is 70.9 Å². The summed E-state index contributed by atoms with van der Waals surface area (Å²) in [6.07, 6.45) is 0.885. The van der Waals surface area contributed by atoms with Crippen LogP contribution in [0.2, 0.25) is 0 Å². The van der Waals surface area contributed by atoms with Gasteiger partial charge in [0.05, 0.1) is 6.61 Å². The third-order valence-electron chi connectivity index (χ3n) is 2.49. The van der Waals surface area contributed by atoms with Crippen molar-refractivity contribution in [2.24, 2.45) is 0 Å². The molecular weight excluding hydrogens is 250 g/mol. The molecule has 0 atom stereocenters. The first-order chi connectivity index (χ1) is 8.74. The molecule has 0 saturated heterocycles. The van der Waals surface area contributed by atoms with Gasteiger partial charge < -0.3 is 5.11 Å². The first kappa shape index (κ1) is 12.9. The Bertz CT molecular complexity index is 559. The van der Waals surface area contributed by atoms with Gasteiger partial charge in [0.2, 0.25) is 0 Å². The largest absolute Gasteiger partial charge is 0.392 e. The highest BCUT2D eigenvalue weighted by Crippen LogP contribution is 2.25. The molecule has 0 radical (unpaired) electrons. The molecule has 18 heavy (non-hydrogen) atoms. The average Bonchev–Trinajstić information content (AvgIpc) is 2.73. The molecule has 0 aliphatic heterocycles. The Hall–Kier alpha value is -1.53. The monoisotopic (exact) mass is 265 g/mol. The minimum Gasteiger partial charge on any atom is -0.392 e. The average molecular weight is 265 g/mol. The zero-order chi connectivity index (χ0) is 13.0. The smallest absolute Gasteiger partial charge is 0.343 e. The van der Waals surface area contributed by atoms with E-state index in [1.165, 1.54) is 11.8 Å². The Labute approximate surface area is 109 Å². The number of hydrogen-bond acceptors (Lipinski definition) is 4. The van der Waals surface area contributed by atoms with Crippen LogP contribution in [0.15, 0.2) is 39.1 Å². The number of hydrogen-bond donors (Lipinski definition) is 2. The second-order valence-corrected chi connectivity index (χ2v) is 4.91. The van der Waals surface area contributed by atoms with Crippen LogP contribution < -0.4 is 5.69 Å². The number of rotatable bonds is 5. The lowest BCUT2D eigenvalue weighted by Gasteiger charge is -2.04. The summed E-state index contributed by atoms with van der Waals surface area (Å²) in [5, 5.41) is 16.1. The number of aromatic nitrogens is 3. The van der Waals surface area contributed by atoms with Gasteiger partial charge in [-0.15, -0.1) is 5.10 Å². The molecule has 0 aliphatic rings. The molecule has 0 unspecified atom stereocenters. The van der Waals surface area contributed by atoms with Gasteiger partial charge in [0.25, 0.3) is 0 Å². The van der Waals surface area contributed by atoms with E-state index in [-0.39, 0.29) is 12.3 Å². The van der Waals surface area contributed by atoms with Crippen molar-refractivity contribution in [3.05, 3.63) is 40.3 Å². The van der Waals surface area contributed by atoms with E-state index in [1.807, 2.05) is 31.2 Å². The molecule has 96 valence electrons. The van der Waals surface area contributed by atoms with Gasteiger partial charge in [-0.1, -0.05) is 19.1 Å². The van der Waals surface area contributed by atoms with Crippen LogP contribution in [0.1, 0.15) is 18.9 Å². The summed E-state index contributed by atoms with van der Waals surface area (Å²) in [6.45, 7) is 2.71. The fourth-order valence-electron chi connectivity index (χ4n) is 1.57. The van der Waals surface area contributed by atoms with Crippen molar-refractivity contribution >= 4 is 11.8 Å². The zero-order valence-corrected chi connectivity index (χ0v) is 10.9. The van der Waals surface area contributed by atoms with E-state index in [0.29, 0.717) is 11.7 Å². The third-order valence-corrected chi connectivity index (χ3v) is 3.49. The van der Waals surface area contributed by atoms with E-state index >= 15 is 0 Å². The van der Waals surface area contributed by atoms with Crippen LogP contribution in [0, 0.1) is 0 Å². The number of H-pyrrole nitrogens is 1. The van der Waals surface area contributed by atoms with Crippen molar-refractivity contribution in [2.45, 2.75) is 36.5 Å². The number of benzene rings is 1. The summed E-state index contributed by atoms with van der Waals surface area (Å²) < 4.78 is 1.63. The molecule has 1 aromatic carbocycles. The van der Waals surface area contributed by atoms with Crippen LogP contribution in [-0.4, -0.2) is 19.9 Å². The molecule has 0 amide bonds. The van der Waals surface area contributed by atoms with Gasteiger partial charge >= 0.3 is 5.69 Å². The number of nitrogens with one attached hydrogen (secondary N) is 1. The molecule has 2 rings (SSSR count). The van der Waals surface area contributed by atoms with Crippen molar-refractivity contribution in [3.8, 4) is 0 Å². The second kappa shape index (κ2) is 5.88. The predicted molar refractivity (Wildman–Crippen MR) is 69.6 cm³/mol. The quantitative estimate of drug-likeness (QED) is 0.862. The van der Waals surface area contributed by atoms with Crippen LogP contribution in [0.25, 0.3) is 0 Å². The second-order valence-electron chi connectivity index (χ2n) is 3.87. The summed E-state index contributed by atoms with van der Waals surface area (Å²) in [7, 11) is 0. The minimum absolute atomic E-state index is 0.0356. The van der Waals surface area contributed by atoms with Crippen LogP contribution >= 0.6 is 11.8 Å². The van der Waals surface area contributed by atoms with Gasteiger partial charge in [-0.2, -0.15) is 0 Å². The highest BCUT2D eigenvalue weighted by Gasteiger charge is 2.08. The first-order valence-corrected chi connectivity index (χ1v) is 6.59. The van der Waals surface area contributed by atoms with Crippen LogP contribution in [0.4, 0.5) is 0 Å². The van der Waals surface area contributed by atoms with Gasteiger partial charge in [0.1, 0.15) is 0 Å². The molecule has 2 N–H and O–H groups in total. The molecular formula is C12H15N3O2S. The Morgan fingerprint density at radius 3 is 2.72 bits per heavy atom. The lowest BCUT2D eigenvalue weighted by atomic mass is 10.2. The van der Waals surface area contributed by atoms with E-state index in [9.17, 15) is 4.79 Å². The standard InChI is InChI=1S/C12H15N3O2S/c1-2-7-15-11(17)13-14-12(15)18-10-5-3-9(8-16)4-6-10/h3-6,16H,2,7-8H2,1H3,(H,13,17). The molecule has 1 aromatic heterocycles. The van der Waals surface area contributed by atoms with E-state index in [2.05, 4.69) is 10.2 Å². The third kappa shape index (κ3) is 2.83. The molecule has 2 aromatic rings. The van der Waals surface area contributed by atoms with E-state index in [1.54, 1.807) is 4.57 Å². The normalized spacial score (nSPS) is 10.8. The highest BCUT2D eigenvalue weighted by atomic mass is 32.2. The molecule has 0 aliphatic carbocycles. The fraction of sp³-hybridized carbons (Fsp3) is 0.333. The van der Waals surface area contributed by atoms with Crippen LogP contribution in [0.3, 0.4) is 0 Å². The summed E-state index contributed by atoms with van der Waals surface area (Å²) in [6, 6.07) is 7.53. The summed E-state index contributed by atoms with van der Waals surface area (Å²) in [5.41, 5.74) is 0.693. The molecule has 0 bridgehead atoms. The molecule has 0 saturated carbocycles. The highest BCUT2D eigenvalue weighted by molar-refractivity contribution is 7.99. The van der Waals surface area contributed by atoms with E-state index < -0.39 is 0 Å². The summed E-state index contributed by atoms with van der Waals surface area (Å²) in [5.74, 6) is 0. The Morgan fingerprint density at radius 2 is 2.11 bits per heavy atom. The lowest BCUT2D eigenvalue weighted by Crippen LogP contribution is -2.17. The van der Waals surface area contributed by atoms with Crippen molar-refractivity contribution in [2.75, 3.05) is 0 Å². The number of nitrogens with zero attached hydrogens (tertiary/aromatic N) is 2. The molecule has 0 spiro atoms. The Balaban J connectivity index is 2.20. The van der Waals surface area contributed by atoms with Crippen molar-refractivity contribution in [1.29, 1.82) is 0 Å². The molecule has 1 heterocycles. The zero-order valence-electron chi connectivity index (χ0n) is 10.1. The lowest BCUT2D eigenvalue weighted by molar-refractivity contribution is 0.282. The van der Waals surface area contributed by atoms with Gasteiger partial charge in [0.15, 0.2) is 5.16 Å². The maximum Gasteiger partial charge on any atom is 0.343 e. The molecule has 6 heteroatoms.